The Labute approximate surface area is 252 Å². The van der Waals surface area contributed by atoms with Crippen LogP contribution < -0.4 is 10.2 Å². The van der Waals surface area contributed by atoms with Gasteiger partial charge in [0.15, 0.2) is 0 Å². The van der Waals surface area contributed by atoms with Gasteiger partial charge in [-0.1, -0.05) is 40.2 Å². The lowest BCUT2D eigenvalue weighted by Gasteiger charge is -2.33. The molecule has 224 valence electrons. The summed E-state index contributed by atoms with van der Waals surface area (Å²) in [7, 11) is 1.76. The van der Waals surface area contributed by atoms with E-state index in [0.29, 0.717) is 19.6 Å². The molecule has 0 spiro atoms. The van der Waals surface area contributed by atoms with Gasteiger partial charge in [0.1, 0.15) is 5.60 Å². The van der Waals surface area contributed by atoms with Gasteiger partial charge in [0.25, 0.3) is 5.91 Å². The molecule has 0 saturated carbocycles. The molecule has 3 rings (SSSR count). The van der Waals surface area contributed by atoms with E-state index in [0.717, 1.165) is 21.3 Å². The summed E-state index contributed by atoms with van der Waals surface area (Å²) in [6.45, 7) is 15.2. The minimum absolute atomic E-state index is 0.0249. The predicted octanol–water partition coefficient (Wildman–Crippen LogP) is 5.02. The molecule has 2 aromatic rings. The summed E-state index contributed by atoms with van der Waals surface area (Å²) in [6.07, 6.45) is -0.417. The molecule has 0 atom stereocenters. The van der Waals surface area contributed by atoms with E-state index in [1.807, 2.05) is 77.7 Å². The van der Waals surface area contributed by atoms with Crippen LogP contribution in [0.4, 0.5) is 10.5 Å². The van der Waals surface area contributed by atoms with E-state index in [9.17, 15) is 14.4 Å². The number of carbonyl (C=O) groups is 3. The first kappa shape index (κ1) is 32.6. The highest BCUT2D eigenvalue weighted by Crippen LogP contribution is 2.29. The van der Waals surface area contributed by atoms with Gasteiger partial charge in [-0.15, -0.1) is 0 Å². The number of anilines is 1. The molecule has 1 heterocycles. The van der Waals surface area contributed by atoms with Crippen LogP contribution in [-0.2, 0) is 27.4 Å². The lowest BCUT2D eigenvalue weighted by molar-refractivity contribution is -0.145. The van der Waals surface area contributed by atoms with E-state index in [1.165, 1.54) is 11.1 Å². The second-order valence-corrected chi connectivity index (χ2v) is 12.7. The van der Waals surface area contributed by atoms with Gasteiger partial charge in [0.2, 0.25) is 5.91 Å². The molecule has 0 unspecified atom stereocenters. The van der Waals surface area contributed by atoms with Crippen molar-refractivity contribution in [3.63, 3.8) is 0 Å². The summed E-state index contributed by atoms with van der Waals surface area (Å²) >= 11 is 3.54. The van der Waals surface area contributed by atoms with Crippen molar-refractivity contribution >= 4 is 39.5 Å². The number of hydrogen-bond donors (Lipinski definition) is 1. The SMILES string of the molecule is Cc1cc(Br)cc(C)c1N(CCN(C(=O)OC(C)(C)C)C(C)C)C(=O)CNCC(=O)N(C)N1Cc2ccccc2C1. The van der Waals surface area contributed by atoms with Gasteiger partial charge >= 0.3 is 6.09 Å². The molecule has 0 aromatic heterocycles. The van der Waals surface area contributed by atoms with Gasteiger partial charge in [0.05, 0.1) is 13.1 Å². The van der Waals surface area contributed by atoms with Gasteiger partial charge in [-0.25, -0.2) is 9.80 Å². The molecule has 1 aliphatic rings. The molecule has 10 heteroatoms. The van der Waals surface area contributed by atoms with Crippen LogP contribution in [0, 0.1) is 13.8 Å². The summed E-state index contributed by atoms with van der Waals surface area (Å²) in [6, 6.07) is 12.0. The number of hydrogen-bond acceptors (Lipinski definition) is 6. The fourth-order valence-electron chi connectivity index (χ4n) is 4.95. The lowest BCUT2D eigenvalue weighted by atomic mass is 10.1. The van der Waals surface area contributed by atoms with E-state index >= 15 is 0 Å². The third-order valence-corrected chi connectivity index (χ3v) is 7.46. The van der Waals surface area contributed by atoms with Crippen LogP contribution >= 0.6 is 15.9 Å². The lowest BCUT2D eigenvalue weighted by Crippen LogP contribution is -2.49. The summed E-state index contributed by atoms with van der Waals surface area (Å²) < 4.78 is 6.55. The van der Waals surface area contributed by atoms with Gasteiger partial charge in [-0.2, -0.15) is 0 Å². The Bertz CT molecular complexity index is 1210. The van der Waals surface area contributed by atoms with E-state index in [2.05, 4.69) is 33.4 Å². The molecular weight excluding hydrogens is 586 g/mol. The Balaban J connectivity index is 1.68. The van der Waals surface area contributed by atoms with Gasteiger partial charge in [-0.3, -0.25) is 19.9 Å². The van der Waals surface area contributed by atoms with Crippen LogP contribution in [0.25, 0.3) is 0 Å². The third-order valence-electron chi connectivity index (χ3n) is 7.00. The predicted molar refractivity (Wildman–Crippen MR) is 165 cm³/mol. The van der Waals surface area contributed by atoms with E-state index in [-0.39, 0.29) is 37.5 Å². The van der Waals surface area contributed by atoms with Gasteiger partial charge in [-0.05, 0) is 82.9 Å². The highest BCUT2D eigenvalue weighted by Gasteiger charge is 2.28. The summed E-state index contributed by atoms with van der Waals surface area (Å²) in [4.78, 5) is 42.9. The maximum atomic E-state index is 13.7. The quantitative estimate of drug-likeness (QED) is 0.397. The average Bonchev–Trinajstić information content (AvgIpc) is 3.29. The zero-order chi connectivity index (χ0) is 30.5. The van der Waals surface area contributed by atoms with Crippen LogP contribution in [0.5, 0.6) is 0 Å². The monoisotopic (exact) mass is 629 g/mol. The van der Waals surface area contributed by atoms with Crippen LogP contribution in [0.3, 0.4) is 0 Å². The van der Waals surface area contributed by atoms with Crippen molar-refractivity contribution < 1.29 is 19.1 Å². The van der Waals surface area contributed by atoms with Crippen molar-refractivity contribution in [1.29, 1.82) is 0 Å². The number of aryl methyl sites for hydroxylation is 2. The van der Waals surface area contributed by atoms with Crippen LogP contribution in [0.2, 0.25) is 0 Å². The molecule has 1 N–H and O–H groups in total. The third kappa shape index (κ3) is 8.77. The van der Waals surface area contributed by atoms with Crippen molar-refractivity contribution in [2.75, 3.05) is 38.1 Å². The first-order valence-corrected chi connectivity index (χ1v) is 14.8. The van der Waals surface area contributed by atoms with Crippen molar-refractivity contribution in [1.82, 2.24) is 20.2 Å². The highest BCUT2D eigenvalue weighted by atomic mass is 79.9. The number of nitrogens with zero attached hydrogens (tertiary/aromatic N) is 4. The number of fused-ring (bicyclic) bond motifs is 1. The summed E-state index contributed by atoms with van der Waals surface area (Å²) in [5.74, 6) is -0.306. The normalized spacial score (nSPS) is 13.2. The van der Waals surface area contributed by atoms with E-state index in [1.54, 1.807) is 21.9 Å². The molecule has 1 aliphatic heterocycles. The number of ether oxygens (including phenoxy) is 1. The average molecular weight is 631 g/mol. The fourth-order valence-corrected chi connectivity index (χ4v) is 5.64. The maximum absolute atomic E-state index is 13.7. The smallest absolute Gasteiger partial charge is 0.410 e. The van der Waals surface area contributed by atoms with E-state index in [4.69, 9.17) is 4.74 Å². The zero-order valence-electron chi connectivity index (χ0n) is 25.6. The van der Waals surface area contributed by atoms with Crippen molar-refractivity contribution in [3.05, 3.63) is 63.1 Å². The number of rotatable bonds is 10. The number of amides is 3. The largest absolute Gasteiger partial charge is 0.444 e. The molecule has 0 bridgehead atoms. The Kier molecular flexibility index (Phi) is 11.0. The highest BCUT2D eigenvalue weighted by molar-refractivity contribution is 9.10. The molecule has 0 saturated heterocycles. The van der Waals surface area contributed by atoms with Crippen LogP contribution in [0.1, 0.15) is 56.9 Å². The van der Waals surface area contributed by atoms with Crippen LogP contribution in [-0.4, -0.2) is 77.7 Å². The van der Waals surface area contributed by atoms with Crippen molar-refractivity contribution in [3.8, 4) is 0 Å². The Morgan fingerprint density at radius 3 is 2.02 bits per heavy atom. The second-order valence-electron chi connectivity index (χ2n) is 11.8. The maximum Gasteiger partial charge on any atom is 0.410 e. The molecule has 9 nitrogen and oxygen atoms in total. The zero-order valence-corrected chi connectivity index (χ0v) is 27.2. The van der Waals surface area contributed by atoms with Gasteiger partial charge in [0, 0.05) is 49.4 Å². The van der Waals surface area contributed by atoms with Gasteiger partial charge < -0.3 is 14.5 Å². The molecule has 2 aromatic carbocycles. The number of halogens is 1. The number of likely N-dealkylation sites (N-methyl/N-ethyl adjacent to an activating group) is 1. The minimum Gasteiger partial charge on any atom is -0.444 e. The van der Waals surface area contributed by atoms with Crippen LogP contribution in [0.15, 0.2) is 40.9 Å². The van der Waals surface area contributed by atoms with Crippen molar-refractivity contribution in [2.45, 2.75) is 73.2 Å². The number of carbonyl (C=O) groups excluding carboxylic acids is 3. The standard InChI is InChI=1S/C31H44BrN5O4/c1-21(2)36(30(40)41-31(5,6)7)13-14-37(29-22(3)15-26(32)16-23(29)4)28(39)18-33-17-27(38)34(8)35-19-24-11-9-10-12-25(24)20-35/h9-12,15-16,21,33H,13-14,17-20H2,1-8H3. The molecular formula is C31H44BrN5O4. The summed E-state index contributed by atoms with van der Waals surface area (Å²) in [5.41, 5.74) is 4.47. The first-order chi connectivity index (χ1) is 19.2. The number of hydrazine groups is 1. The summed E-state index contributed by atoms with van der Waals surface area (Å²) in [5, 5.41) is 6.67. The Hall–Kier alpha value is -2.95. The first-order valence-electron chi connectivity index (χ1n) is 14.0. The van der Waals surface area contributed by atoms with Crippen molar-refractivity contribution in [2.24, 2.45) is 0 Å². The molecule has 0 radical (unpaired) electrons. The molecule has 41 heavy (non-hydrogen) atoms. The molecule has 3 amide bonds. The molecule has 0 fully saturated rings. The second kappa shape index (κ2) is 13.8. The Morgan fingerprint density at radius 2 is 1.51 bits per heavy atom. The van der Waals surface area contributed by atoms with E-state index < -0.39 is 11.7 Å². The Morgan fingerprint density at radius 1 is 0.976 bits per heavy atom. The molecule has 0 aliphatic carbocycles. The minimum atomic E-state index is -0.625. The topological polar surface area (TPSA) is 85.4 Å². The number of benzene rings is 2. The fraction of sp³-hybridized carbons (Fsp3) is 0.516. The number of nitrogens with one attached hydrogen (secondary N) is 1.